The molecule has 0 radical (unpaired) electrons. The van der Waals surface area contributed by atoms with Crippen molar-refractivity contribution in [2.45, 2.75) is 5.16 Å². The van der Waals surface area contributed by atoms with Crippen molar-refractivity contribution in [1.82, 2.24) is 9.97 Å². The van der Waals surface area contributed by atoms with Gasteiger partial charge in [0.2, 0.25) is 0 Å². The Balaban J connectivity index is 2.53. The highest BCUT2D eigenvalue weighted by Gasteiger charge is 2.22. The molecule has 0 spiro atoms. The van der Waals surface area contributed by atoms with Crippen LogP contribution in [0.2, 0.25) is 0 Å². The lowest BCUT2D eigenvalue weighted by Gasteiger charge is -2.12. The molecule has 0 unspecified atom stereocenters. The highest BCUT2D eigenvalue weighted by atomic mass is 32.2. The number of para-hydroxylation sites is 1. The molecule has 1 aromatic heterocycles. The number of carboxylic acid groups (broad SMARTS) is 1. The summed E-state index contributed by atoms with van der Waals surface area (Å²) in [5.41, 5.74) is 0.799. The number of hydrogen-bond acceptors (Lipinski definition) is 8. The van der Waals surface area contributed by atoms with Gasteiger partial charge in [0.15, 0.2) is 0 Å². The lowest BCUT2D eigenvalue weighted by molar-refractivity contribution is 0.0697. The van der Waals surface area contributed by atoms with Crippen molar-refractivity contribution < 1.29 is 27.6 Å². The molecule has 0 amide bonds. The van der Waals surface area contributed by atoms with Crippen molar-refractivity contribution in [2.24, 2.45) is 0 Å². The SMILES string of the molecule is COS(=O)(=O)c1ncc(C(=O)O)c(Nc2ccccc2C=CCO)n1. The van der Waals surface area contributed by atoms with Crippen LogP contribution in [-0.2, 0) is 14.3 Å². The Morgan fingerprint density at radius 1 is 1.36 bits per heavy atom. The van der Waals surface area contributed by atoms with E-state index in [1.807, 2.05) is 0 Å². The molecular formula is C15H15N3O6S. The molecule has 10 heteroatoms. The number of aliphatic hydroxyl groups is 1. The van der Waals surface area contributed by atoms with Crippen molar-refractivity contribution in [1.29, 1.82) is 0 Å². The van der Waals surface area contributed by atoms with Gasteiger partial charge in [-0.1, -0.05) is 30.4 Å². The smallest absolute Gasteiger partial charge is 0.341 e. The van der Waals surface area contributed by atoms with E-state index in [4.69, 9.17) is 5.11 Å². The number of nitrogens with zero attached hydrogens (tertiary/aromatic N) is 2. The molecule has 1 heterocycles. The lowest BCUT2D eigenvalue weighted by atomic mass is 10.1. The molecule has 0 saturated carbocycles. The summed E-state index contributed by atoms with van der Waals surface area (Å²) in [5, 5.41) is 20.3. The summed E-state index contributed by atoms with van der Waals surface area (Å²) < 4.78 is 27.8. The van der Waals surface area contributed by atoms with Gasteiger partial charge in [-0.15, -0.1) is 0 Å². The first-order valence-electron chi connectivity index (χ1n) is 6.93. The van der Waals surface area contributed by atoms with Gasteiger partial charge in [-0.05, 0) is 11.6 Å². The van der Waals surface area contributed by atoms with Gasteiger partial charge < -0.3 is 15.5 Å². The Hall–Kier alpha value is -2.82. The van der Waals surface area contributed by atoms with Crippen LogP contribution in [0.25, 0.3) is 6.08 Å². The second kappa shape index (κ2) is 7.83. The van der Waals surface area contributed by atoms with Gasteiger partial charge in [-0.3, -0.25) is 4.18 Å². The zero-order valence-electron chi connectivity index (χ0n) is 13.1. The van der Waals surface area contributed by atoms with Crippen LogP contribution < -0.4 is 5.32 Å². The molecule has 3 N–H and O–H groups in total. The molecule has 9 nitrogen and oxygen atoms in total. The van der Waals surface area contributed by atoms with Gasteiger partial charge >= 0.3 is 16.1 Å². The maximum absolute atomic E-state index is 11.7. The second-order valence-electron chi connectivity index (χ2n) is 4.64. The van der Waals surface area contributed by atoms with Gasteiger partial charge in [-0.2, -0.15) is 13.4 Å². The Kier molecular flexibility index (Phi) is 5.80. The molecule has 1 aromatic carbocycles. The molecule has 25 heavy (non-hydrogen) atoms. The summed E-state index contributed by atoms with van der Waals surface area (Å²) in [7, 11) is -3.23. The molecule has 0 saturated heterocycles. The molecular weight excluding hydrogens is 350 g/mol. The van der Waals surface area contributed by atoms with Crippen molar-refractivity contribution in [3.63, 3.8) is 0 Å². The molecule has 0 aliphatic heterocycles. The Morgan fingerprint density at radius 3 is 2.72 bits per heavy atom. The summed E-state index contributed by atoms with van der Waals surface area (Å²) >= 11 is 0. The number of rotatable bonds is 7. The van der Waals surface area contributed by atoms with Crippen LogP contribution in [0.4, 0.5) is 11.5 Å². The van der Waals surface area contributed by atoms with Crippen molar-refractivity contribution in [3.05, 3.63) is 47.7 Å². The summed E-state index contributed by atoms with van der Waals surface area (Å²) in [6.45, 7) is -0.168. The first-order valence-corrected chi connectivity index (χ1v) is 8.34. The van der Waals surface area contributed by atoms with E-state index in [2.05, 4.69) is 19.5 Å². The number of aromatic nitrogens is 2. The topological polar surface area (TPSA) is 139 Å². The average molecular weight is 365 g/mol. The van der Waals surface area contributed by atoms with Gasteiger partial charge in [-0.25, -0.2) is 9.78 Å². The first kappa shape index (κ1) is 18.5. The quantitative estimate of drug-likeness (QED) is 0.489. The number of carboxylic acids is 1. The van der Waals surface area contributed by atoms with Gasteiger partial charge in [0.25, 0.3) is 5.16 Å². The number of carbonyl (C=O) groups is 1. The van der Waals surface area contributed by atoms with Crippen molar-refractivity contribution in [3.8, 4) is 0 Å². The molecule has 2 aromatic rings. The monoisotopic (exact) mass is 365 g/mol. The van der Waals surface area contributed by atoms with E-state index in [1.165, 1.54) is 6.08 Å². The van der Waals surface area contributed by atoms with Crippen molar-refractivity contribution in [2.75, 3.05) is 19.0 Å². The molecule has 0 atom stereocenters. The number of aliphatic hydroxyl groups excluding tert-OH is 1. The van der Waals surface area contributed by atoms with Gasteiger partial charge in [0, 0.05) is 11.9 Å². The molecule has 0 aliphatic rings. The van der Waals surface area contributed by atoms with E-state index in [0.717, 1.165) is 13.3 Å². The van der Waals surface area contributed by atoms with Crippen LogP contribution in [-0.4, -0.2) is 48.3 Å². The number of benzene rings is 1. The van der Waals surface area contributed by atoms with Crippen LogP contribution in [0.15, 0.2) is 41.7 Å². The maximum Gasteiger partial charge on any atom is 0.341 e. The zero-order chi connectivity index (χ0) is 18.4. The van der Waals surface area contributed by atoms with E-state index in [-0.39, 0.29) is 18.0 Å². The van der Waals surface area contributed by atoms with Crippen LogP contribution in [0.1, 0.15) is 15.9 Å². The predicted octanol–water partition coefficient (Wildman–Crippen LogP) is 1.26. The molecule has 132 valence electrons. The third kappa shape index (κ3) is 4.38. The minimum Gasteiger partial charge on any atom is -0.477 e. The highest BCUT2D eigenvalue weighted by molar-refractivity contribution is 7.86. The van der Waals surface area contributed by atoms with Gasteiger partial charge in [0.1, 0.15) is 11.4 Å². The van der Waals surface area contributed by atoms with E-state index < -0.39 is 21.2 Å². The lowest BCUT2D eigenvalue weighted by Crippen LogP contribution is -2.13. The number of hydrogen-bond donors (Lipinski definition) is 3. The molecule has 0 aliphatic carbocycles. The normalized spacial score (nSPS) is 11.6. The van der Waals surface area contributed by atoms with Crippen LogP contribution in [0, 0.1) is 0 Å². The number of nitrogens with one attached hydrogen (secondary N) is 1. The minimum atomic E-state index is -4.18. The molecule has 0 fully saturated rings. The zero-order valence-corrected chi connectivity index (χ0v) is 13.9. The summed E-state index contributed by atoms with van der Waals surface area (Å²) in [6, 6.07) is 6.83. The third-order valence-corrected chi connectivity index (χ3v) is 4.14. The average Bonchev–Trinajstić information content (AvgIpc) is 2.60. The fraction of sp³-hybridized carbons (Fsp3) is 0.133. The standard InChI is InChI=1S/C15H15N3O6S/c1-24-25(22,23)15-16-9-11(14(20)21)13(18-15)17-12-7-3-2-5-10(12)6-4-8-19/h2-7,9,19H,8H2,1H3,(H,20,21)(H,16,17,18). The van der Waals surface area contributed by atoms with Gasteiger partial charge in [0.05, 0.1) is 13.7 Å². The Labute approximate surface area is 143 Å². The second-order valence-corrected chi connectivity index (χ2v) is 6.24. The van der Waals surface area contributed by atoms with E-state index in [1.54, 1.807) is 30.3 Å². The van der Waals surface area contributed by atoms with Crippen LogP contribution >= 0.6 is 0 Å². The van der Waals surface area contributed by atoms with Crippen molar-refractivity contribution >= 4 is 33.7 Å². The Bertz CT molecular complexity index is 911. The van der Waals surface area contributed by atoms with Crippen LogP contribution in [0.5, 0.6) is 0 Å². The summed E-state index contributed by atoms with van der Waals surface area (Å²) in [6.07, 6.45) is 4.01. The summed E-state index contributed by atoms with van der Waals surface area (Å²) in [4.78, 5) is 18.6. The van der Waals surface area contributed by atoms with E-state index in [9.17, 15) is 18.3 Å². The molecule has 0 bridgehead atoms. The van der Waals surface area contributed by atoms with E-state index in [0.29, 0.717) is 11.3 Å². The van der Waals surface area contributed by atoms with E-state index >= 15 is 0 Å². The van der Waals surface area contributed by atoms with Crippen LogP contribution in [0.3, 0.4) is 0 Å². The predicted molar refractivity (Wildman–Crippen MR) is 89.0 cm³/mol. The fourth-order valence-electron chi connectivity index (χ4n) is 1.88. The maximum atomic E-state index is 11.7. The Morgan fingerprint density at radius 2 is 2.08 bits per heavy atom. The first-order chi connectivity index (χ1) is 11.9. The fourth-order valence-corrected chi connectivity index (χ4v) is 2.41. The largest absolute Gasteiger partial charge is 0.477 e. The number of aromatic carboxylic acids is 1. The third-order valence-electron chi connectivity index (χ3n) is 3.06. The summed E-state index contributed by atoms with van der Waals surface area (Å²) in [5.74, 6) is -1.53. The minimum absolute atomic E-state index is 0.168. The molecule has 2 rings (SSSR count). The number of anilines is 2. The highest BCUT2D eigenvalue weighted by Crippen LogP contribution is 2.24.